The fourth-order valence-electron chi connectivity index (χ4n) is 4.63. The molecule has 4 aromatic rings. The van der Waals surface area contributed by atoms with Gasteiger partial charge in [-0.05, 0) is 78.8 Å². The van der Waals surface area contributed by atoms with Crippen LogP contribution in [0, 0.1) is 16.3 Å². The maximum atomic E-state index is 14.8. The predicted octanol–water partition coefficient (Wildman–Crippen LogP) is 2.45. The van der Waals surface area contributed by atoms with E-state index in [4.69, 9.17) is 0 Å². The normalized spacial score (nSPS) is 14.3. The van der Waals surface area contributed by atoms with Gasteiger partial charge in [0.15, 0.2) is 0 Å². The van der Waals surface area contributed by atoms with Crippen LogP contribution < -0.4 is 26.8 Å². The summed E-state index contributed by atoms with van der Waals surface area (Å²) in [5.41, 5.74) is -1.59. The molecule has 14 heteroatoms. The van der Waals surface area contributed by atoms with E-state index in [-0.39, 0.29) is 39.3 Å². The molecule has 1 aliphatic carbocycles. The topological polar surface area (TPSA) is 144 Å². The van der Waals surface area contributed by atoms with Crippen molar-refractivity contribution in [1.82, 2.24) is 13.7 Å². The van der Waals surface area contributed by atoms with Crippen LogP contribution in [0.5, 0.6) is 0 Å². The second-order valence-corrected chi connectivity index (χ2v) is 13.1. The van der Waals surface area contributed by atoms with Crippen molar-refractivity contribution in [2.24, 2.45) is 14.1 Å². The smallest absolute Gasteiger partial charge is 0.335 e. The molecule has 0 radical (unpaired) electrons. The lowest BCUT2D eigenvalue weighted by Crippen LogP contribution is -2.40. The molecule has 1 fully saturated rings. The summed E-state index contributed by atoms with van der Waals surface area (Å²) in [4.78, 5) is 40.3. The van der Waals surface area contributed by atoms with Gasteiger partial charge in [-0.15, -0.1) is 0 Å². The fraction of sp³-hybridized carbons (Fsp3) is 0.269. The van der Waals surface area contributed by atoms with Crippen molar-refractivity contribution < 1.29 is 17.9 Å². The number of halogens is 2. The van der Waals surface area contributed by atoms with Crippen molar-refractivity contribution in [3.8, 4) is 5.69 Å². The van der Waals surface area contributed by atoms with Crippen LogP contribution >= 0.6 is 22.6 Å². The zero-order chi connectivity index (χ0) is 29.1. The molecule has 2 heterocycles. The third kappa shape index (κ3) is 4.43. The largest absolute Gasteiger partial charge is 0.395 e. The summed E-state index contributed by atoms with van der Waals surface area (Å²) in [6, 6.07) is 10.4. The Hall–Kier alpha value is -3.50. The molecule has 0 amide bonds. The second-order valence-electron chi connectivity index (χ2n) is 9.79. The molecule has 210 valence electrons. The van der Waals surface area contributed by atoms with Gasteiger partial charge in [-0.3, -0.25) is 28.0 Å². The molecule has 40 heavy (non-hydrogen) atoms. The Morgan fingerprint density at radius 2 is 1.75 bits per heavy atom. The number of aliphatic hydroxyl groups excluding tert-OH is 1. The molecule has 0 atom stereocenters. The van der Waals surface area contributed by atoms with Gasteiger partial charge in [-0.25, -0.2) is 17.6 Å². The van der Waals surface area contributed by atoms with Crippen molar-refractivity contribution in [3.63, 3.8) is 0 Å². The lowest BCUT2D eigenvalue weighted by atomic mass is 10.1. The first kappa shape index (κ1) is 28.0. The Bertz CT molecular complexity index is 2000. The molecule has 2 aromatic heterocycles. The summed E-state index contributed by atoms with van der Waals surface area (Å²) in [6.07, 6.45) is 0.645. The molecule has 0 unspecified atom stereocenters. The molecule has 2 aromatic carbocycles. The van der Waals surface area contributed by atoms with Gasteiger partial charge in [0.2, 0.25) is 10.0 Å². The number of rotatable bonds is 7. The zero-order valence-corrected chi connectivity index (χ0v) is 24.6. The Kier molecular flexibility index (Phi) is 6.90. The fourth-order valence-corrected chi connectivity index (χ4v) is 6.55. The van der Waals surface area contributed by atoms with Crippen molar-refractivity contribution in [1.29, 1.82) is 0 Å². The average molecular weight is 681 g/mol. The highest BCUT2D eigenvalue weighted by Crippen LogP contribution is 2.43. The minimum atomic E-state index is -3.93. The Labute approximate surface area is 241 Å². The minimum Gasteiger partial charge on any atom is -0.395 e. The van der Waals surface area contributed by atoms with Crippen LogP contribution in [-0.4, -0.2) is 38.6 Å². The zero-order valence-electron chi connectivity index (χ0n) is 21.7. The number of nitrogens with zero attached hydrogens (tertiary/aromatic N) is 3. The third-order valence-electron chi connectivity index (χ3n) is 7.22. The number of aromatic nitrogens is 3. The van der Waals surface area contributed by atoms with Gasteiger partial charge in [0.1, 0.15) is 21.8 Å². The van der Waals surface area contributed by atoms with Crippen molar-refractivity contribution in [3.05, 3.63) is 88.6 Å². The van der Waals surface area contributed by atoms with Crippen molar-refractivity contribution in [2.45, 2.75) is 24.5 Å². The SMILES string of the molecule is Cc1c(=O)n(C)c(Nc2ccc(I)cc2F)c2c(=O)n(C)c(=O)n(-c3cccc(NS(=O)(=O)C4(CO)CC4)c3)c12. The summed E-state index contributed by atoms with van der Waals surface area (Å²) in [6.45, 7) is 0.951. The van der Waals surface area contributed by atoms with E-state index in [1.807, 2.05) is 22.6 Å². The van der Waals surface area contributed by atoms with Gasteiger partial charge in [-0.2, -0.15) is 0 Å². The van der Waals surface area contributed by atoms with E-state index >= 15 is 0 Å². The Morgan fingerprint density at radius 3 is 2.38 bits per heavy atom. The van der Waals surface area contributed by atoms with Crippen molar-refractivity contribution >= 4 is 60.7 Å². The summed E-state index contributed by atoms with van der Waals surface area (Å²) < 4.78 is 45.6. The number of sulfonamides is 1. The van der Waals surface area contributed by atoms with Gasteiger partial charge in [0.25, 0.3) is 11.1 Å². The van der Waals surface area contributed by atoms with E-state index in [9.17, 15) is 32.3 Å². The quantitative estimate of drug-likeness (QED) is 0.254. The second kappa shape index (κ2) is 9.85. The molecule has 0 saturated heterocycles. The lowest BCUT2D eigenvalue weighted by molar-refractivity contribution is 0.284. The number of aryl methyl sites for hydroxylation is 1. The highest BCUT2D eigenvalue weighted by atomic mass is 127. The highest BCUT2D eigenvalue weighted by molar-refractivity contribution is 14.1. The minimum absolute atomic E-state index is 0.00125. The van der Waals surface area contributed by atoms with Crippen LogP contribution in [0.15, 0.2) is 56.8 Å². The summed E-state index contributed by atoms with van der Waals surface area (Å²) in [5.74, 6) is -0.620. The van der Waals surface area contributed by atoms with Crippen LogP contribution in [0.1, 0.15) is 18.4 Å². The van der Waals surface area contributed by atoms with E-state index in [0.717, 1.165) is 9.13 Å². The average Bonchev–Trinajstić information content (AvgIpc) is 3.72. The van der Waals surface area contributed by atoms with E-state index in [1.165, 1.54) is 62.0 Å². The maximum absolute atomic E-state index is 14.8. The number of benzene rings is 2. The van der Waals surface area contributed by atoms with Gasteiger partial charge < -0.3 is 10.4 Å². The van der Waals surface area contributed by atoms with Gasteiger partial charge in [-0.1, -0.05) is 6.07 Å². The number of hydrogen-bond donors (Lipinski definition) is 3. The van der Waals surface area contributed by atoms with Gasteiger partial charge in [0.05, 0.1) is 29.2 Å². The first-order chi connectivity index (χ1) is 18.8. The molecular weight excluding hydrogens is 656 g/mol. The van der Waals surface area contributed by atoms with Crippen molar-refractivity contribution in [2.75, 3.05) is 16.6 Å². The van der Waals surface area contributed by atoms with E-state index in [2.05, 4.69) is 10.0 Å². The van der Waals surface area contributed by atoms with Crippen LogP contribution in [0.2, 0.25) is 0 Å². The monoisotopic (exact) mass is 681 g/mol. The number of nitrogens with one attached hydrogen (secondary N) is 2. The molecule has 0 aliphatic heterocycles. The first-order valence-electron chi connectivity index (χ1n) is 12.1. The molecule has 3 N–H and O–H groups in total. The van der Waals surface area contributed by atoms with Crippen LogP contribution in [0.3, 0.4) is 0 Å². The number of hydrogen-bond acceptors (Lipinski definition) is 7. The summed E-state index contributed by atoms with van der Waals surface area (Å²) in [5, 5.41) is 12.4. The Balaban J connectivity index is 1.77. The molecule has 5 rings (SSSR count). The lowest BCUT2D eigenvalue weighted by Gasteiger charge is -2.20. The highest BCUT2D eigenvalue weighted by Gasteiger charge is 2.54. The Morgan fingerprint density at radius 1 is 1.05 bits per heavy atom. The molecule has 1 aliphatic rings. The number of aliphatic hydroxyl groups is 1. The van der Waals surface area contributed by atoms with Gasteiger partial charge >= 0.3 is 5.69 Å². The maximum Gasteiger partial charge on any atom is 0.335 e. The number of fused-ring (bicyclic) bond motifs is 1. The first-order valence-corrected chi connectivity index (χ1v) is 14.7. The van der Waals surface area contributed by atoms with Gasteiger partial charge in [0, 0.05) is 23.2 Å². The van der Waals surface area contributed by atoms with E-state index < -0.39 is 44.0 Å². The van der Waals surface area contributed by atoms with E-state index in [0.29, 0.717) is 16.4 Å². The number of anilines is 3. The van der Waals surface area contributed by atoms with Crippen LogP contribution in [0.25, 0.3) is 16.6 Å². The summed E-state index contributed by atoms with van der Waals surface area (Å²) in [7, 11) is -1.22. The molecule has 0 spiro atoms. The van der Waals surface area contributed by atoms with Crippen LogP contribution in [-0.2, 0) is 24.1 Å². The molecular formula is C26H25FIN5O6S. The third-order valence-corrected chi connectivity index (χ3v) is 10.1. The summed E-state index contributed by atoms with van der Waals surface area (Å²) >= 11 is 1.96. The molecule has 11 nitrogen and oxygen atoms in total. The predicted molar refractivity (Wildman–Crippen MR) is 159 cm³/mol. The number of pyridine rings is 1. The van der Waals surface area contributed by atoms with E-state index in [1.54, 1.807) is 6.07 Å². The van der Waals surface area contributed by atoms with Crippen LogP contribution in [0.4, 0.5) is 21.6 Å². The standard InChI is InChI=1S/C26H25FIN5O6S/c1-14-21-20(22(31(2)23(14)35)29-19-8-7-15(28)11-18(19)27)24(36)32(3)25(37)33(21)17-6-4-5-16(12-17)30-40(38,39)26(13-34)9-10-26/h4-8,11-12,29-30,34H,9-10,13H2,1-3H3. The molecule has 0 bridgehead atoms. The molecule has 1 saturated carbocycles.